The predicted octanol–water partition coefficient (Wildman–Crippen LogP) is 5.00. The monoisotopic (exact) mass is 395 g/mol. The number of amides is 1. The first-order valence-electron chi connectivity index (χ1n) is 9.11. The first-order valence-corrected chi connectivity index (χ1v) is 9.48. The third-order valence-electron chi connectivity index (χ3n) is 4.40. The first kappa shape index (κ1) is 19.9. The summed E-state index contributed by atoms with van der Waals surface area (Å²) in [6.45, 7) is 1.95. The highest BCUT2D eigenvalue weighted by Crippen LogP contribution is 2.30. The molecule has 1 amide bonds. The van der Waals surface area contributed by atoms with Crippen LogP contribution in [0.1, 0.15) is 29.7 Å². The van der Waals surface area contributed by atoms with E-state index in [1.165, 1.54) is 5.56 Å². The van der Waals surface area contributed by atoms with Gasteiger partial charge in [0.25, 0.3) is 5.91 Å². The average Bonchev–Trinajstić information content (AvgIpc) is 2.74. The highest BCUT2D eigenvalue weighted by molar-refractivity contribution is 6.30. The maximum absolute atomic E-state index is 12.4. The lowest BCUT2D eigenvalue weighted by molar-refractivity contribution is -0.118. The summed E-state index contributed by atoms with van der Waals surface area (Å²) in [5, 5.41) is 14.0. The van der Waals surface area contributed by atoms with Crippen molar-refractivity contribution in [1.82, 2.24) is 0 Å². The zero-order chi connectivity index (χ0) is 19.9. The van der Waals surface area contributed by atoms with Gasteiger partial charge in [-0.3, -0.25) is 4.79 Å². The second kappa shape index (κ2) is 9.40. The number of halogens is 1. The molecule has 2 N–H and O–H groups in total. The highest BCUT2D eigenvalue weighted by Gasteiger charge is 2.17. The number of aliphatic hydroxyl groups excluding tert-OH is 1. The number of anilines is 1. The average molecular weight is 396 g/mol. The smallest absolute Gasteiger partial charge is 0.262 e. The van der Waals surface area contributed by atoms with Crippen molar-refractivity contribution in [3.8, 4) is 5.75 Å². The molecule has 3 rings (SSSR count). The molecule has 0 heterocycles. The summed E-state index contributed by atoms with van der Waals surface area (Å²) < 4.78 is 5.55. The number of rotatable bonds is 7. The van der Waals surface area contributed by atoms with E-state index in [4.69, 9.17) is 16.3 Å². The molecule has 0 radical (unpaired) electrons. The number of hydrogen-bond donors (Lipinski definition) is 2. The number of carbonyl (C=O) groups excluding carboxylic acids is 1. The Balaban J connectivity index is 1.70. The van der Waals surface area contributed by atoms with E-state index in [1.54, 1.807) is 18.2 Å². The Morgan fingerprint density at radius 2 is 1.79 bits per heavy atom. The number of carbonyl (C=O) groups is 1. The van der Waals surface area contributed by atoms with Crippen LogP contribution >= 0.6 is 11.6 Å². The largest absolute Gasteiger partial charge is 0.484 e. The number of benzene rings is 3. The molecule has 0 unspecified atom stereocenters. The minimum absolute atomic E-state index is 0.130. The molecule has 28 heavy (non-hydrogen) atoms. The van der Waals surface area contributed by atoms with E-state index in [9.17, 15) is 9.90 Å². The van der Waals surface area contributed by atoms with Gasteiger partial charge in [0.15, 0.2) is 6.61 Å². The summed E-state index contributed by atoms with van der Waals surface area (Å²) in [6, 6.07) is 21.8. The lowest BCUT2D eigenvalue weighted by Gasteiger charge is -2.17. The Labute approximate surface area is 169 Å². The van der Waals surface area contributed by atoms with Crippen molar-refractivity contribution >= 4 is 23.2 Å². The Morgan fingerprint density at radius 3 is 2.46 bits per heavy atom. The van der Waals surface area contributed by atoms with Crippen LogP contribution in [0.15, 0.2) is 72.8 Å². The van der Waals surface area contributed by atoms with Crippen molar-refractivity contribution in [2.24, 2.45) is 0 Å². The van der Waals surface area contributed by atoms with Crippen LogP contribution in [0.3, 0.4) is 0 Å². The molecule has 0 saturated carbocycles. The fourth-order valence-corrected chi connectivity index (χ4v) is 3.03. The van der Waals surface area contributed by atoms with Gasteiger partial charge in [-0.25, -0.2) is 0 Å². The molecule has 0 saturated heterocycles. The van der Waals surface area contributed by atoms with Crippen LogP contribution in [0.2, 0.25) is 5.02 Å². The van der Waals surface area contributed by atoms with Crippen molar-refractivity contribution in [1.29, 1.82) is 0 Å². The van der Waals surface area contributed by atoms with E-state index in [1.807, 2.05) is 54.6 Å². The van der Waals surface area contributed by atoms with Gasteiger partial charge in [0.2, 0.25) is 0 Å². The third-order valence-corrected chi connectivity index (χ3v) is 4.63. The fraction of sp³-hybridized carbons (Fsp3) is 0.174. The Bertz CT molecular complexity index is 926. The van der Waals surface area contributed by atoms with Crippen LogP contribution in [0.25, 0.3) is 0 Å². The summed E-state index contributed by atoms with van der Waals surface area (Å²) >= 11 is 6.10. The number of nitrogens with one attached hydrogen (secondary N) is 1. The van der Waals surface area contributed by atoms with Crippen LogP contribution in [0, 0.1) is 0 Å². The zero-order valence-corrected chi connectivity index (χ0v) is 16.3. The van der Waals surface area contributed by atoms with E-state index in [0.29, 0.717) is 27.6 Å². The number of hydrogen-bond acceptors (Lipinski definition) is 3. The second-order valence-electron chi connectivity index (χ2n) is 6.38. The molecule has 5 heteroatoms. The van der Waals surface area contributed by atoms with Crippen molar-refractivity contribution in [2.45, 2.75) is 19.4 Å². The summed E-state index contributed by atoms with van der Waals surface area (Å²) in [5.41, 5.74) is 2.94. The molecule has 0 bridgehead atoms. The van der Waals surface area contributed by atoms with Crippen molar-refractivity contribution in [2.75, 3.05) is 11.9 Å². The van der Waals surface area contributed by atoms with Gasteiger partial charge in [-0.05, 0) is 47.9 Å². The third kappa shape index (κ3) is 5.12. The van der Waals surface area contributed by atoms with Gasteiger partial charge in [-0.1, -0.05) is 61.0 Å². The van der Waals surface area contributed by atoms with Gasteiger partial charge >= 0.3 is 0 Å². The minimum atomic E-state index is -0.905. The molecule has 1 atom stereocenters. The van der Waals surface area contributed by atoms with E-state index in [0.717, 1.165) is 6.42 Å². The van der Waals surface area contributed by atoms with Gasteiger partial charge in [0, 0.05) is 16.3 Å². The van der Waals surface area contributed by atoms with Crippen molar-refractivity contribution in [3.05, 3.63) is 94.5 Å². The molecular weight excluding hydrogens is 374 g/mol. The minimum Gasteiger partial charge on any atom is -0.484 e. The molecule has 3 aromatic carbocycles. The second-order valence-corrected chi connectivity index (χ2v) is 6.82. The first-order chi connectivity index (χ1) is 13.6. The van der Waals surface area contributed by atoms with Crippen LogP contribution in [0.4, 0.5) is 5.69 Å². The maximum atomic E-state index is 12.4. The summed E-state index contributed by atoms with van der Waals surface area (Å²) in [4.78, 5) is 12.4. The topological polar surface area (TPSA) is 58.6 Å². The molecule has 144 valence electrons. The highest BCUT2D eigenvalue weighted by atomic mass is 35.5. The lowest BCUT2D eigenvalue weighted by atomic mass is 10.00. The number of ether oxygens (including phenoxy) is 1. The Morgan fingerprint density at radius 1 is 1.07 bits per heavy atom. The quantitative estimate of drug-likeness (QED) is 0.591. The molecule has 0 aliphatic rings. The zero-order valence-electron chi connectivity index (χ0n) is 15.6. The van der Waals surface area contributed by atoms with Crippen LogP contribution in [-0.2, 0) is 11.2 Å². The molecule has 0 aliphatic carbocycles. The Kier molecular flexibility index (Phi) is 6.69. The molecule has 4 nitrogen and oxygen atoms in total. The maximum Gasteiger partial charge on any atom is 0.262 e. The molecular formula is C23H22ClNO3. The Hall–Kier alpha value is -2.82. The predicted molar refractivity (Wildman–Crippen MR) is 112 cm³/mol. The normalized spacial score (nSPS) is 11.7. The molecule has 0 fully saturated rings. The van der Waals surface area contributed by atoms with E-state index >= 15 is 0 Å². The molecule has 0 aliphatic heterocycles. The summed E-state index contributed by atoms with van der Waals surface area (Å²) in [5.74, 6) is 0.316. The lowest BCUT2D eigenvalue weighted by Crippen LogP contribution is -2.21. The van der Waals surface area contributed by atoms with E-state index in [2.05, 4.69) is 12.2 Å². The molecule has 0 aromatic heterocycles. The fourth-order valence-electron chi connectivity index (χ4n) is 2.85. The van der Waals surface area contributed by atoms with Gasteiger partial charge < -0.3 is 15.2 Å². The van der Waals surface area contributed by atoms with E-state index < -0.39 is 6.10 Å². The molecule has 0 spiro atoms. The number of aliphatic hydroxyl groups is 1. The van der Waals surface area contributed by atoms with Crippen molar-refractivity contribution < 1.29 is 14.6 Å². The van der Waals surface area contributed by atoms with Gasteiger partial charge in [-0.15, -0.1) is 0 Å². The molecule has 3 aromatic rings. The number of aryl methyl sites for hydroxylation is 1. The van der Waals surface area contributed by atoms with E-state index in [-0.39, 0.29) is 12.5 Å². The summed E-state index contributed by atoms with van der Waals surface area (Å²) in [6.07, 6.45) is 0.0434. The van der Waals surface area contributed by atoms with Crippen LogP contribution in [-0.4, -0.2) is 17.6 Å². The summed E-state index contributed by atoms with van der Waals surface area (Å²) in [7, 11) is 0. The van der Waals surface area contributed by atoms with Gasteiger partial charge in [-0.2, -0.15) is 0 Å². The van der Waals surface area contributed by atoms with Crippen LogP contribution < -0.4 is 10.1 Å². The van der Waals surface area contributed by atoms with Crippen LogP contribution in [0.5, 0.6) is 5.75 Å². The standard InChI is InChI=1S/C23H22ClNO3/c1-2-16-8-11-19(12-9-16)28-15-22(26)25-21-13-10-18(24)14-20(21)23(27)17-6-4-3-5-7-17/h3-14,23,27H,2,15H2,1H3,(H,25,26)/t23-/m0/s1. The SMILES string of the molecule is CCc1ccc(OCC(=O)Nc2ccc(Cl)cc2[C@@H](O)c2ccccc2)cc1. The van der Waals surface area contributed by atoms with Gasteiger partial charge in [0.1, 0.15) is 11.9 Å². The van der Waals surface area contributed by atoms with Gasteiger partial charge in [0.05, 0.1) is 0 Å². The van der Waals surface area contributed by atoms with Crippen molar-refractivity contribution in [3.63, 3.8) is 0 Å².